The van der Waals surface area contributed by atoms with Gasteiger partial charge in [-0.25, -0.2) is 0 Å². The van der Waals surface area contributed by atoms with Gasteiger partial charge < -0.3 is 5.32 Å². The number of nitriles is 1. The zero-order valence-corrected chi connectivity index (χ0v) is 8.34. The molecule has 2 nitrogen and oxygen atoms in total. The zero-order chi connectivity index (χ0) is 9.52. The monoisotopic (exact) mass is 192 g/mol. The Morgan fingerprint density at radius 1 is 1.46 bits per heavy atom. The van der Waals surface area contributed by atoms with Crippen LogP contribution in [0.5, 0.6) is 0 Å². The molecule has 0 aromatic heterocycles. The Morgan fingerprint density at radius 3 is 2.77 bits per heavy atom. The molecular formula is C10H12N2S. The van der Waals surface area contributed by atoms with E-state index in [-0.39, 0.29) is 0 Å². The molecule has 13 heavy (non-hydrogen) atoms. The molecule has 0 aliphatic rings. The van der Waals surface area contributed by atoms with E-state index < -0.39 is 0 Å². The Morgan fingerprint density at radius 2 is 2.15 bits per heavy atom. The first kappa shape index (κ1) is 9.94. The third-order valence-corrected chi connectivity index (χ3v) is 2.30. The molecular weight excluding hydrogens is 180 g/mol. The van der Waals surface area contributed by atoms with Gasteiger partial charge in [-0.3, -0.25) is 0 Å². The third-order valence-electron chi connectivity index (χ3n) is 1.62. The fourth-order valence-electron chi connectivity index (χ4n) is 0.949. The minimum atomic E-state index is 0.324. The highest BCUT2D eigenvalue weighted by molar-refractivity contribution is 8.04. The molecule has 1 aromatic carbocycles. The van der Waals surface area contributed by atoms with Gasteiger partial charge >= 0.3 is 0 Å². The van der Waals surface area contributed by atoms with E-state index in [2.05, 4.69) is 10.7 Å². The summed E-state index contributed by atoms with van der Waals surface area (Å²) in [5, 5.41) is 14.1. The van der Waals surface area contributed by atoms with Gasteiger partial charge in [-0.15, -0.1) is 0 Å². The van der Waals surface area contributed by atoms with E-state index in [1.54, 1.807) is 0 Å². The van der Waals surface area contributed by atoms with Crippen molar-refractivity contribution in [1.29, 1.82) is 5.26 Å². The Balaban J connectivity index is 2.32. The Bertz CT molecular complexity index is 279. The highest BCUT2D eigenvalue weighted by Crippen LogP contribution is 2.10. The van der Waals surface area contributed by atoms with Crippen LogP contribution in [-0.2, 0) is 0 Å². The molecule has 1 rings (SSSR count). The molecule has 0 radical (unpaired) electrons. The lowest BCUT2D eigenvalue weighted by atomic mass is 10.3. The highest BCUT2D eigenvalue weighted by Gasteiger charge is 2.00. The van der Waals surface area contributed by atoms with E-state index >= 15 is 0 Å². The summed E-state index contributed by atoms with van der Waals surface area (Å²) in [6.07, 6.45) is 0. The van der Waals surface area contributed by atoms with Gasteiger partial charge in [-0.2, -0.15) is 5.26 Å². The molecule has 0 aliphatic carbocycles. The van der Waals surface area contributed by atoms with E-state index in [4.69, 9.17) is 5.26 Å². The summed E-state index contributed by atoms with van der Waals surface area (Å²) >= 11 is 1.29. The van der Waals surface area contributed by atoms with Gasteiger partial charge in [0.2, 0.25) is 0 Å². The van der Waals surface area contributed by atoms with Crippen molar-refractivity contribution in [1.82, 2.24) is 0 Å². The van der Waals surface area contributed by atoms with Crippen LogP contribution in [0.2, 0.25) is 0 Å². The average molecular weight is 192 g/mol. The lowest BCUT2D eigenvalue weighted by molar-refractivity contribution is 1.01. The van der Waals surface area contributed by atoms with Crippen molar-refractivity contribution in [2.24, 2.45) is 0 Å². The lowest BCUT2D eigenvalue weighted by Crippen LogP contribution is -2.12. The smallest absolute Gasteiger partial charge is 0.133 e. The molecule has 3 heteroatoms. The number of anilines is 1. The molecule has 0 fully saturated rings. The number of rotatable bonds is 4. The SMILES string of the molecule is CC(CNc1ccccc1)SC#N. The zero-order valence-electron chi connectivity index (χ0n) is 7.53. The van der Waals surface area contributed by atoms with E-state index in [0.29, 0.717) is 5.25 Å². The molecule has 0 heterocycles. The molecule has 68 valence electrons. The molecule has 0 aliphatic heterocycles. The minimum Gasteiger partial charge on any atom is -0.384 e. The maximum atomic E-state index is 8.42. The van der Waals surface area contributed by atoms with Crippen LogP contribution in [0.15, 0.2) is 30.3 Å². The largest absolute Gasteiger partial charge is 0.384 e. The van der Waals surface area contributed by atoms with Gasteiger partial charge in [0.05, 0.1) is 0 Å². The third kappa shape index (κ3) is 3.86. The second-order valence-corrected chi connectivity index (χ2v) is 3.99. The van der Waals surface area contributed by atoms with Gasteiger partial charge in [0.1, 0.15) is 5.40 Å². The van der Waals surface area contributed by atoms with Crippen LogP contribution < -0.4 is 5.32 Å². The molecule has 1 N–H and O–H groups in total. The van der Waals surface area contributed by atoms with Crippen LogP contribution in [0.1, 0.15) is 6.92 Å². The molecule has 1 aromatic rings. The van der Waals surface area contributed by atoms with Crippen LogP contribution >= 0.6 is 11.8 Å². The summed E-state index contributed by atoms with van der Waals surface area (Å²) < 4.78 is 0. The van der Waals surface area contributed by atoms with Crippen LogP contribution in [0.4, 0.5) is 5.69 Å². The summed E-state index contributed by atoms with van der Waals surface area (Å²) in [5.74, 6) is 0. The summed E-state index contributed by atoms with van der Waals surface area (Å²) in [6.45, 7) is 2.85. The van der Waals surface area contributed by atoms with Gasteiger partial charge in [0.15, 0.2) is 0 Å². The Labute approximate surface area is 83.0 Å². The quantitative estimate of drug-likeness (QED) is 0.745. The summed E-state index contributed by atoms with van der Waals surface area (Å²) in [7, 11) is 0. The molecule has 0 bridgehead atoms. The summed E-state index contributed by atoms with van der Waals surface area (Å²) in [5.41, 5.74) is 1.10. The normalized spacial score (nSPS) is 11.7. The molecule has 1 unspecified atom stereocenters. The van der Waals surface area contributed by atoms with Crippen molar-refractivity contribution in [3.05, 3.63) is 30.3 Å². The van der Waals surface area contributed by atoms with Crippen LogP contribution in [0.3, 0.4) is 0 Å². The maximum absolute atomic E-state index is 8.42. The molecule has 0 saturated carbocycles. The Hall–Kier alpha value is -1.14. The van der Waals surface area contributed by atoms with Crippen molar-refractivity contribution in [3.8, 4) is 5.40 Å². The van der Waals surface area contributed by atoms with Crippen LogP contribution in [0, 0.1) is 10.7 Å². The number of hydrogen-bond acceptors (Lipinski definition) is 3. The fourth-order valence-corrected chi connectivity index (χ4v) is 1.30. The predicted octanol–water partition coefficient (Wildman–Crippen LogP) is 2.70. The fraction of sp³-hybridized carbons (Fsp3) is 0.300. The van der Waals surface area contributed by atoms with Crippen molar-refractivity contribution >= 4 is 17.4 Å². The second-order valence-electron chi connectivity index (χ2n) is 2.77. The van der Waals surface area contributed by atoms with Crippen molar-refractivity contribution in [3.63, 3.8) is 0 Å². The van der Waals surface area contributed by atoms with Crippen LogP contribution in [-0.4, -0.2) is 11.8 Å². The number of para-hydroxylation sites is 1. The van der Waals surface area contributed by atoms with Crippen molar-refractivity contribution in [2.45, 2.75) is 12.2 Å². The standard InChI is InChI=1S/C10H12N2S/c1-9(13-8-11)7-12-10-5-3-2-4-6-10/h2-6,9,12H,7H2,1H3. The summed E-state index contributed by atoms with van der Waals surface area (Å²) in [6, 6.07) is 10.0. The minimum absolute atomic E-state index is 0.324. The van der Waals surface area contributed by atoms with E-state index in [1.165, 1.54) is 11.8 Å². The van der Waals surface area contributed by atoms with Crippen LogP contribution in [0.25, 0.3) is 0 Å². The number of thiocyanates is 1. The van der Waals surface area contributed by atoms with Gasteiger partial charge in [-0.05, 0) is 23.9 Å². The second kappa shape index (κ2) is 5.50. The Kier molecular flexibility index (Phi) is 4.20. The molecule has 1 atom stereocenters. The average Bonchev–Trinajstić information content (AvgIpc) is 2.17. The first-order valence-corrected chi connectivity index (χ1v) is 5.04. The van der Waals surface area contributed by atoms with Gasteiger partial charge in [0.25, 0.3) is 0 Å². The summed E-state index contributed by atoms with van der Waals surface area (Å²) in [4.78, 5) is 0. The van der Waals surface area contributed by atoms with Gasteiger partial charge in [-0.1, -0.05) is 25.1 Å². The molecule has 0 spiro atoms. The molecule has 0 saturated heterocycles. The maximum Gasteiger partial charge on any atom is 0.133 e. The van der Waals surface area contributed by atoms with E-state index in [0.717, 1.165) is 12.2 Å². The number of benzene rings is 1. The van der Waals surface area contributed by atoms with Crippen molar-refractivity contribution < 1.29 is 0 Å². The first-order chi connectivity index (χ1) is 6.33. The van der Waals surface area contributed by atoms with E-state index in [9.17, 15) is 0 Å². The van der Waals surface area contributed by atoms with E-state index in [1.807, 2.05) is 37.3 Å². The van der Waals surface area contributed by atoms with Gasteiger partial charge in [0, 0.05) is 17.5 Å². The number of hydrogen-bond donors (Lipinski definition) is 1. The molecule has 0 amide bonds. The first-order valence-electron chi connectivity index (χ1n) is 4.16. The lowest BCUT2D eigenvalue weighted by Gasteiger charge is -2.08. The number of nitrogens with zero attached hydrogens (tertiary/aromatic N) is 1. The topological polar surface area (TPSA) is 35.8 Å². The highest BCUT2D eigenvalue weighted by atomic mass is 32.2. The number of nitrogens with one attached hydrogen (secondary N) is 1. The number of thioether (sulfide) groups is 1. The van der Waals surface area contributed by atoms with Crippen molar-refractivity contribution in [2.75, 3.05) is 11.9 Å². The predicted molar refractivity (Wildman–Crippen MR) is 57.6 cm³/mol.